The number of hydrogen-bond acceptors (Lipinski definition) is 0. The van der Waals surface area contributed by atoms with Crippen LogP contribution < -0.4 is 0 Å². The van der Waals surface area contributed by atoms with E-state index in [1.807, 2.05) is 0 Å². The molecule has 1 aromatic rings. The Bertz CT molecular complexity index is 309. The van der Waals surface area contributed by atoms with E-state index in [1.165, 1.54) is 12.8 Å². The van der Waals surface area contributed by atoms with E-state index in [0.717, 1.165) is 0 Å². The lowest BCUT2D eigenvalue weighted by molar-refractivity contribution is 0.530. The van der Waals surface area contributed by atoms with Crippen LogP contribution in [0.5, 0.6) is 0 Å². The Morgan fingerprint density at radius 3 is 1.60 bits per heavy atom. The molecule has 0 aliphatic carbocycles. The van der Waals surface area contributed by atoms with Gasteiger partial charge in [-0.1, -0.05) is 38.1 Å². The zero-order valence-corrected chi connectivity index (χ0v) is 10.8. The van der Waals surface area contributed by atoms with E-state index >= 15 is 0 Å². The standard InChI is InChI=1S/C14H21S/c1-4-14(3,5-2)15-12-10-8-6-7-9-11-13-15/h6-13H,4-5H2,1-3H3/q+1. The van der Waals surface area contributed by atoms with E-state index in [1.54, 1.807) is 0 Å². The Morgan fingerprint density at radius 2 is 1.20 bits per heavy atom. The lowest BCUT2D eigenvalue weighted by Crippen LogP contribution is -2.12. The van der Waals surface area contributed by atoms with E-state index in [9.17, 15) is 0 Å². The van der Waals surface area contributed by atoms with Crippen molar-refractivity contribution in [3.05, 3.63) is 47.2 Å². The topological polar surface area (TPSA) is 0 Å². The summed E-state index contributed by atoms with van der Waals surface area (Å²) in [7, 11) is 0.249. The van der Waals surface area contributed by atoms with Crippen molar-refractivity contribution in [2.75, 3.05) is 0 Å². The molecule has 0 fully saturated rings. The Hall–Kier alpha value is -0.820. The van der Waals surface area contributed by atoms with Gasteiger partial charge in [-0.3, -0.25) is 0 Å². The summed E-state index contributed by atoms with van der Waals surface area (Å²) in [5.41, 5.74) is 0. The fraction of sp³-hybridized carbons (Fsp3) is 0.429. The molecule has 0 amide bonds. The number of rotatable bonds is 3. The molecule has 0 N–H and O–H groups in total. The van der Waals surface area contributed by atoms with Gasteiger partial charge in [0.1, 0.15) is 15.5 Å². The van der Waals surface area contributed by atoms with Crippen LogP contribution in [0.15, 0.2) is 47.2 Å². The first-order valence-corrected chi connectivity index (χ1v) is 6.98. The molecule has 0 aliphatic heterocycles. The highest BCUT2D eigenvalue weighted by Gasteiger charge is 2.29. The second-order valence-corrected chi connectivity index (χ2v) is 6.23. The van der Waals surface area contributed by atoms with Gasteiger partial charge in [0, 0.05) is 0 Å². The molecular weight excluding hydrogens is 200 g/mol. The molecule has 1 aromatic heterocycles. The molecule has 0 atom stereocenters. The first-order chi connectivity index (χ1) is 7.23. The number of hydrogen-bond donors (Lipinski definition) is 0. The van der Waals surface area contributed by atoms with Crippen LogP contribution in [-0.4, -0.2) is 0 Å². The maximum absolute atomic E-state index is 2.39. The highest BCUT2D eigenvalue weighted by Crippen LogP contribution is 2.40. The third kappa shape index (κ3) is 3.35. The zero-order valence-electron chi connectivity index (χ0n) is 9.94. The average molecular weight is 221 g/mol. The minimum atomic E-state index is 0.249. The van der Waals surface area contributed by atoms with Crippen molar-refractivity contribution in [3.8, 4) is 0 Å². The summed E-state index contributed by atoms with van der Waals surface area (Å²) in [6.45, 7) is 6.96. The molecule has 0 saturated carbocycles. The lowest BCUT2D eigenvalue weighted by Gasteiger charge is -2.17. The summed E-state index contributed by atoms with van der Waals surface area (Å²) < 4.78 is 0.416. The average Bonchev–Trinajstić information content (AvgIpc) is 2.41. The summed E-state index contributed by atoms with van der Waals surface area (Å²) in [4.78, 5) is 0. The summed E-state index contributed by atoms with van der Waals surface area (Å²) in [5.74, 6) is 0. The van der Waals surface area contributed by atoms with Gasteiger partial charge in [0.15, 0.2) is 0 Å². The Kier molecular flexibility index (Phi) is 4.83. The molecule has 0 nitrogen and oxygen atoms in total. The van der Waals surface area contributed by atoms with E-state index in [-0.39, 0.29) is 10.5 Å². The van der Waals surface area contributed by atoms with Crippen LogP contribution >= 0.6 is 10.5 Å². The second-order valence-electron chi connectivity index (χ2n) is 3.96. The highest BCUT2D eigenvalue weighted by atomic mass is 32.2. The third-order valence-electron chi connectivity index (χ3n) is 3.07. The minimum Gasteiger partial charge on any atom is -0.0621 e. The predicted octanol–water partition coefficient (Wildman–Crippen LogP) is 5.10. The molecule has 0 saturated heterocycles. The van der Waals surface area contributed by atoms with Crippen LogP contribution in [0, 0.1) is 0 Å². The van der Waals surface area contributed by atoms with Gasteiger partial charge in [-0.15, -0.1) is 0 Å². The molecule has 0 aromatic carbocycles. The highest BCUT2D eigenvalue weighted by molar-refractivity contribution is 7.29. The zero-order chi connectivity index (χ0) is 11.1. The SMILES string of the molecule is CCC(C)(CC)[s+]1cccccccc1. The molecule has 1 rings (SSSR count). The van der Waals surface area contributed by atoms with E-state index < -0.39 is 0 Å². The quantitative estimate of drug-likeness (QED) is 0.623. The minimum absolute atomic E-state index is 0.249. The van der Waals surface area contributed by atoms with Crippen molar-refractivity contribution < 1.29 is 0 Å². The summed E-state index contributed by atoms with van der Waals surface area (Å²) in [5, 5.41) is 4.68. The molecule has 1 heteroatoms. The Morgan fingerprint density at radius 1 is 0.800 bits per heavy atom. The van der Waals surface area contributed by atoms with E-state index in [4.69, 9.17) is 0 Å². The molecule has 0 bridgehead atoms. The van der Waals surface area contributed by atoms with Gasteiger partial charge in [0.25, 0.3) is 0 Å². The molecule has 82 valence electrons. The lowest BCUT2D eigenvalue weighted by atomic mass is 10.1. The largest absolute Gasteiger partial charge is 0.144 e. The van der Waals surface area contributed by atoms with Crippen LogP contribution in [0.4, 0.5) is 0 Å². The summed E-state index contributed by atoms with van der Waals surface area (Å²) in [6.07, 6.45) is 2.46. The third-order valence-corrected chi connectivity index (χ3v) is 5.69. The van der Waals surface area contributed by atoms with Crippen molar-refractivity contribution in [2.24, 2.45) is 0 Å². The maximum Gasteiger partial charge on any atom is 0.144 e. The predicted molar refractivity (Wildman–Crippen MR) is 70.8 cm³/mol. The fourth-order valence-corrected chi connectivity index (χ4v) is 3.41. The van der Waals surface area contributed by atoms with E-state index in [0.29, 0.717) is 4.75 Å². The summed E-state index contributed by atoms with van der Waals surface area (Å²) >= 11 is 0. The Labute approximate surface area is 96.3 Å². The normalized spacial score (nSPS) is 10.9. The molecule has 15 heavy (non-hydrogen) atoms. The molecule has 1 heterocycles. The first kappa shape index (κ1) is 12.3. The van der Waals surface area contributed by atoms with Crippen LogP contribution in [0.2, 0.25) is 0 Å². The van der Waals surface area contributed by atoms with Gasteiger partial charge in [-0.05, 0) is 42.4 Å². The van der Waals surface area contributed by atoms with Crippen molar-refractivity contribution in [3.63, 3.8) is 0 Å². The molecule has 0 radical (unpaired) electrons. The van der Waals surface area contributed by atoms with Crippen LogP contribution in [0.25, 0.3) is 0 Å². The Balaban J connectivity index is 3.20. The van der Waals surface area contributed by atoms with Gasteiger partial charge in [0.2, 0.25) is 0 Å². The van der Waals surface area contributed by atoms with Crippen molar-refractivity contribution in [1.82, 2.24) is 0 Å². The van der Waals surface area contributed by atoms with Gasteiger partial charge >= 0.3 is 0 Å². The van der Waals surface area contributed by atoms with Crippen molar-refractivity contribution >= 4 is 10.5 Å². The van der Waals surface area contributed by atoms with Crippen molar-refractivity contribution in [1.29, 1.82) is 0 Å². The molecule has 0 unspecified atom stereocenters. The van der Waals surface area contributed by atoms with Crippen molar-refractivity contribution in [2.45, 2.75) is 38.4 Å². The smallest absolute Gasteiger partial charge is 0.0621 e. The van der Waals surface area contributed by atoms with Crippen LogP contribution in [-0.2, 0) is 4.75 Å². The van der Waals surface area contributed by atoms with Gasteiger partial charge in [0.05, 0.1) is 0 Å². The van der Waals surface area contributed by atoms with Crippen LogP contribution in [0.1, 0.15) is 33.6 Å². The van der Waals surface area contributed by atoms with Crippen LogP contribution in [0.3, 0.4) is 0 Å². The van der Waals surface area contributed by atoms with Gasteiger partial charge in [-0.25, -0.2) is 0 Å². The van der Waals surface area contributed by atoms with Gasteiger partial charge in [-0.2, -0.15) is 0 Å². The summed E-state index contributed by atoms with van der Waals surface area (Å²) in [6, 6.07) is 12.7. The molecular formula is C14H21S+. The fourth-order valence-electron chi connectivity index (χ4n) is 1.47. The monoisotopic (exact) mass is 221 g/mol. The van der Waals surface area contributed by atoms with E-state index in [2.05, 4.69) is 67.9 Å². The maximum atomic E-state index is 2.39. The molecule has 0 aliphatic rings. The van der Waals surface area contributed by atoms with Gasteiger partial charge < -0.3 is 0 Å². The molecule has 0 spiro atoms. The first-order valence-electron chi connectivity index (χ1n) is 5.63. The second kappa shape index (κ2) is 5.92.